The van der Waals surface area contributed by atoms with Crippen molar-refractivity contribution in [2.45, 2.75) is 32.8 Å². The largest absolute Gasteiger partial charge is 0.467 e. The van der Waals surface area contributed by atoms with Gasteiger partial charge in [-0.15, -0.1) is 16.6 Å². The van der Waals surface area contributed by atoms with Crippen molar-refractivity contribution in [2.24, 2.45) is 0 Å². The van der Waals surface area contributed by atoms with Gasteiger partial charge in [-0.25, -0.2) is 4.98 Å². The molecule has 2 heterocycles. The van der Waals surface area contributed by atoms with Crippen LogP contribution >= 0.6 is 0 Å². The van der Waals surface area contributed by atoms with E-state index >= 15 is 0 Å². The number of hydrogen-bond acceptors (Lipinski definition) is 7. The molecular formula is C20H24N4O3. The average Bonchev–Trinajstić information content (AvgIpc) is 3.20. The Morgan fingerprint density at radius 3 is 2.96 bits per heavy atom. The normalized spacial score (nSPS) is 16.1. The average molecular weight is 368 g/mol. The zero-order valence-electron chi connectivity index (χ0n) is 15.7. The lowest BCUT2D eigenvalue weighted by Crippen LogP contribution is -2.20. The maximum atomic E-state index is 5.73. The molecule has 27 heavy (non-hydrogen) atoms. The van der Waals surface area contributed by atoms with Crippen LogP contribution in [0.25, 0.3) is 11.3 Å². The van der Waals surface area contributed by atoms with Crippen molar-refractivity contribution in [3.05, 3.63) is 29.5 Å². The monoisotopic (exact) mass is 368 g/mol. The SMILES string of the molecule is C#Cc1ccc(-c2nnc(NCC3CCCO3)nc2C)c(OCOCC)c1. The molecule has 0 aliphatic carbocycles. The lowest BCUT2D eigenvalue weighted by Gasteiger charge is -2.14. The number of hydrogen-bond donors (Lipinski definition) is 1. The van der Waals surface area contributed by atoms with Gasteiger partial charge in [0.2, 0.25) is 5.95 Å². The highest BCUT2D eigenvalue weighted by atomic mass is 16.7. The molecule has 7 heteroatoms. The highest BCUT2D eigenvalue weighted by molar-refractivity contribution is 5.70. The third kappa shape index (κ3) is 4.94. The van der Waals surface area contributed by atoms with Gasteiger partial charge in [0.1, 0.15) is 11.4 Å². The summed E-state index contributed by atoms with van der Waals surface area (Å²) in [6.07, 6.45) is 7.87. The first-order valence-corrected chi connectivity index (χ1v) is 9.09. The van der Waals surface area contributed by atoms with E-state index in [4.69, 9.17) is 20.6 Å². The summed E-state index contributed by atoms with van der Waals surface area (Å²) in [6.45, 7) is 6.00. The molecule has 7 nitrogen and oxygen atoms in total. The molecule has 2 aromatic rings. The maximum Gasteiger partial charge on any atom is 0.243 e. The van der Waals surface area contributed by atoms with Crippen LogP contribution in [0.15, 0.2) is 18.2 Å². The lowest BCUT2D eigenvalue weighted by atomic mass is 10.1. The van der Waals surface area contributed by atoms with Crippen molar-refractivity contribution >= 4 is 5.95 Å². The zero-order chi connectivity index (χ0) is 19.1. The van der Waals surface area contributed by atoms with E-state index in [1.54, 1.807) is 6.07 Å². The summed E-state index contributed by atoms with van der Waals surface area (Å²) >= 11 is 0. The molecular weight excluding hydrogens is 344 g/mol. The molecule has 0 spiro atoms. The molecule has 1 aliphatic rings. The number of nitrogens with one attached hydrogen (secondary N) is 1. The van der Waals surface area contributed by atoms with E-state index in [2.05, 4.69) is 26.4 Å². The molecule has 0 amide bonds. The summed E-state index contributed by atoms with van der Waals surface area (Å²) in [6, 6.07) is 5.50. The summed E-state index contributed by atoms with van der Waals surface area (Å²) in [5.74, 6) is 3.69. The Labute approximate surface area is 159 Å². The molecule has 1 atom stereocenters. The van der Waals surface area contributed by atoms with Gasteiger partial charge >= 0.3 is 0 Å². The van der Waals surface area contributed by atoms with Crippen LogP contribution in [0.4, 0.5) is 5.95 Å². The Hall–Kier alpha value is -2.69. The quantitative estimate of drug-likeness (QED) is 0.436. The standard InChI is InChI=1S/C20H24N4O3/c1-4-15-8-9-17(18(11-15)27-13-25-5-2)19-14(3)22-20(24-23-19)21-12-16-7-6-10-26-16/h1,8-9,11,16H,5-7,10,12-13H2,2-3H3,(H,21,22,24). The number of aromatic nitrogens is 3. The number of benzene rings is 1. The molecule has 0 bridgehead atoms. The van der Waals surface area contributed by atoms with Crippen LogP contribution < -0.4 is 10.1 Å². The van der Waals surface area contributed by atoms with Crippen molar-refractivity contribution in [3.63, 3.8) is 0 Å². The molecule has 1 aromatic heterocycles. The second kappa shape index (κ2) is 9.31. The summed E-state index contributed by atoms with van der Waals surface area (Å²) in [5, 5.41) is 11.7. The fourth-order valence-corrected chi connectivity index (χ4v) is 2.85. The smallest absolute Gasteiger partial charge is 0.243 e. The second-order valence-corrected chi connectivity index (χ2v) is 6.20. The Balaban J connectivity index is 1.79. The number of aryl methyl sites for hydroxylation is 1. The van der Waals surface area contributed by atoms with Crippen molar-refractivity contribution in [1.82, 2.24) is 15.2 Å². The molecule has 0 radical (unpaired) electrons. The lowest BCUT2D eigenvalue weighted by molar-refractivity contribution is 0.0227. The van der Waals surface area contributed by atoms with Gasteiger partial charge in [-0.1, -0.05) is 5.92 Å². The Kier molecular flexibility index (Phi) is 6.58. The number of rotatable bonds is 8. The van der Waals surface area contributed by atoms with Gasteiger partial charge in [-0.3, -0.25) is 0 Å². The Morgan fingerprint density at radius 1 is 1.37 bits per heavy atom. The van der Waals surface area contributed by atoms with Crippen molar-refractivity contribution in [3.8, 4) is 29.4 Å². The van der Waals surface area contributed by atoms with Gasteiger partial charge in [0.15, 0.2) is 6.79 Å². The van der Waals surface area contributed by atoms with Gasteiger partial charge in [0.05, 0.1) is 11.8 Å². The number of nitrogens with zero attached hydrogens (tertiary/aromatic N) is 3. The van der Waals surface area contributed by atoms with Crippen LogP contribution in [0.3, 0.4) is 0 Å². The van der Waals surface area contributed by atoms with E-state index in [0.717, 1.165) is 36.3 Å². The molecule has 0 saturated carbocycles. The Morgan fingerprint density at radius 2 is 2.26 bits per heavy atom. The van der Waals surface area contributed by atoms with E-state index in [-0.39, 0.29) is 12.9 Å². The summed E-state index contributed by atoms with van der Waals surface area (Å²) in [4.78, 5) is 4.52. The minimum absolute atomic E-state index is 0.137. The predicted molar refractivity (Wildman–Crippen MR) is 103 cm³/mol. The molecule has 142 valence electrons. The highest BCUT2D eigenvalue weighted by Gasteiger charge is 2.17. The first kappa shape index (κ1) is 19.1. The van der Waals surface area contributed by atoms with E-state index in [1.165, 1.54) is 0 Å². The van der Waals surface area contributed by atoms with Crippen LogP contribution in [-0.4, -0.2) is 47.8 Å². The second-order valence-electron chi connectivity index (χ2n) is 6.20. The van der Waals surface area contributed by atoms with E-state index < -0.39 is 0 Å². The number of ether oxygens (including phenoxy) is 3. The molecule has 1 unspecified atom stereocenters. The first-order valence-electron chi connectivity index (χ1n) is 9.09. The molecule has 1 N–H and O–H groups in total. The highest BCUT2D eigenvalue weighted by Crippen LogP contribution is 2.31. The van der Waals surface area contributed by atoms with Gasteiger partial charge in [-0.05, 0) is 44.9 Å². The van der Waals surface area contributed by atoms with Crippen molar-refractivity contribution in [1.29, 1.82) is 0 Å². The summed E-state index contributed by atoms with van der Waals surface area (Å²) in [7, 11) is 0. The van der Waals surface area contributed by atoms with E-state index in [0.29, 0.717) is 30.5 Å². The third-order valence-electron chi connectivity index (χ3n) is 4.28. The molecule has 3 rings (SSSR count). The first-order chi connectivity index (χ1) is 13.2. The number of terminal acetylenes is 1. The summed E-state index contributed by atoms with van der Waals surface area (Å²) < 4.78 is 16.6. The van der Waals surface area contributed by atoms with Crippen LogP contribution in [0.2, 0.25) is 0 Å². The minimum atomic E-state index is 0.137. The van der Waals surface area contributed by atoms with E-state index in [9.17, 15) is 0 Å². The van der Waals surface area contributed by atoms with Crippen LogP contribution in [-0.2, 0) is 9.47 Å². The van der Waals surface area contributed by atoms with Crippen LogP contribution in [0.5, 0.6) is 5.75 Å². The molecule has 1 saturated heterocycles. The maximum absolute atomic E-state index is 5.73. The van der Waals surface area contributed by atoms with Gasteiger partial charge in [0.25, 0.3) is 0 Å². The predicted octanol–water partition coefficient (Wildman–Crippen LogP) is 2.79. The fourth-order valence-electron chi connectivity index (χ4n) is 2.85. The minimum Gasteiger partial charge on any atom is -0.467 e. The molecule has 1 aliphatic heterocycles. The fraction of sp³-hybridized carbons (Fsp3) is 0.450. The van der Waals surface area contributed by atoms with Gasteiger partial charge < -0.3 is 19.5 Å². The van der Waals surface area contributed by atoms with Crippen molar-refractivity contribution < 1.29 is 14.2 Å². The number of anilines is 1. The molecule has 1 fully saturated rings. The Bertz CT molecular complexity index is 813. The topological polar surface area (TPSA) is 78.4 Å². The van der Waals surface area contributed by atoms with Gasteiger partial charge in [-0.2, -0.15) is 0 Å². The zero-order valence-corrected chi connectivity index (χ0v) is 15.7. The van der Waals surface area contributed by atoms with Gasteiger partial charge in [0, 0.05) is 30.9 Å². The summed E-state index contributed by atoms with van der Waals surface area (Å²) in [5.41, 5.74) is 2.89. The molecule has 1 aromatic carbocycles. The third-order valence-corrected chi connectivity index (χ3v) is 4.28. The van der Waals surface area contributed by atoms with Crippen molar-refractivity contribution in [2.75, 3.05) is 31.9 Å². The van der Waals surface area contributed by atoms with E-state index in [1.807, 2.05) is 26.0 Å². The van der Waals surface area contributed by atoms with Crippen LogP contribution in [0, 0.1) is 19.3 Å². The van der Waals surface area contributed by atoms with Crippen LogP contribution in [0.1, 0.15) is 31.0 Å².